The molecule has 0 aliphatic carbocycles. The molecule has 1 aliphatic heterocycles. The van der Waals surface area contributed by atoms with Crippen molar-refractivity contribution in [2.45, 2.75) is 6.67 Å². The summed E-state index contributed by atoms with van der Waals surface area (Å²) in [6.45, 7) is 3.46. The monoisotopic (exact) mass is 442 g/mol. The summed E-state index contributed by atoms with van der Waals surface area (Å²) in [4.78, 5) is 14.5. The Labute approximate surface area is 170 Å². The summed E-state index contributed by atoms with van der Waals surface area (Å²) in [6, 6.07) is 14.5. The van der Waals surface area contributed by atoms with Gasteiger partial charge >= 0.3 is 0 Å². The van der Waals surface area contributed by atoms with E-state index in [1.807, 2.05) is 30.3 Å². The summed E-state index contributed by atoms with van der Waals surface area (Å²) >= 11 is 3.34. The number of fused-ring (bicyclic) bond motifs is 1. The van der Waals surface area contributed by atoms with Gasteiger partial charge in [0, 0.05) is 28.5 Å². The van der Waals surface area contributed by atoms with E-state index in [1.165, 1.54) is 0 Å². The Morgan fingerprint density at radius 1 is 1.14 bits per heavy atom. The zero-order chi connectivity index (χ0) is 19.5. The molecule has 2 heterocycles. The fraction of sp³-hybridized carbons (Fsp3) is 0.250. The minimum Gasteiger partial charge on any atom is -0.493 e. The lowest BCUT2D eigenvalue weighted by Crippen LogP contribution is -2.37. The number of para-hydroxylation sites is 1. The maximum atomic E-state index is 12.3. The normalized spacial score (nSPS) is 15.5. The molecular formula is C20H19BrN4O3. The van der Waals surface area contributed by atoms with Gasteiger partial charge in [-0.25, -0.2) is 0 Å². The number of hydrogen-bond acceptors (Lipinski definition) is 5. The number of carbonyl (C=O) groups is 1. The summed E-state index contributed by atoms with van der Waals surface area (Å²) in [6.07, 6.45) is 0. The molecule has 0 unspecified atom stereocenters. The number of amides is 1. The molecule has 3 aromatic rings. The lowest BCUT2D eigenvalue weighted by atomic mass is 10.2. The Morgan fingerprint density at radius 3 is 2.71 bits per heavy atom. The van der Waals surface area contributed by atoms with Crippen LogP contribution in [0.4, 0.5) is 5.69 Å². The molecule has 0 spiro atoms. The van der Waals surface area contributed by atoms with Gasteiger partial charge < -0.3 is 9.84 Å². The highest BCUT2D eigenvalue weighted by molar-refractivity contribution is 9.10. The molecule has 7 nitrogen and oxygen atoms in total. The van der Waals surface area contributed by atoms with Crippen LogP contribution in [0.5, 0.6) is 5.88 Å². The van der Waals surface area contributed by atoms with Crippen LogP contribution in [0, 0.1) is 0 Å². The van der Waals surface area contributed by atoms with Crippen LogP contribution in [-0.2, 0) is 11.4 Å². The van der Waals surface area contributed by atoms with Gasteiger partial charge in [0.2, 0.25) is 5.88 Å². The molecule has 1 amide bonds. The third-order valence-corrected chi connectivity index (χ3v) is 5.17. The van der Waals surface area contributed by atoms with E-state index in [2.05, 4.69) is 31.1 Å². The number of azo groups is 1. The van der Waals surface area contributed by atoms with Gasteiger partial charge in [0.25, 0.3) is 5.91 Å². The van der Waals surface area contributed by atoms with Gasteiger partial charge in [-0.15, -0.1) is 10.2 Å². The van der Waals surface area contributed by atoms with E-state index >= 15 is 0 Å². The molecule has 1 aliphatic rings. The number of nitrogens with zero attached hydrogens (tertiary/aromatic N) is 4. The third kappa shape index (κ3) is 3.84. The molecule has 8 heteroatoms. The number of benzene rings is 2. The number of hydrogen-bond donors (Lipinski definition) is 1. The molecule has 1 N–H and O–H groups in total. The van der Waals surface area contributed by atoms with Gasteiger partial charge in [-0.1, -0.05) is 40.2 Å². The smallest absolute Gasteiger partial charge is 0.295 e. The van der Waals surface area contributed by atoms with E-state index in [0.717, 1.165) is 28.5 Å². The average molecular weight is 443 g/mol. The zero-order valence-electron chi connectivity index (χ0n) is 15.1. The van der Waals surface area contributed by atoms with Crippen LogP contribution in [0.2, 0.25) is 0 Å². The second kappa shape index (κ2) is 8.22. The Hall–Kier alpha value is -2.55. The molecule has 0 atom stereocenters. The minimum atomic E-state index is -0.467. The van der Waals surface area contributed by atoms with E-state index in [-0.39, 0.29) is 5.88 Å². The summed E-state index contributed by atoms with van der Waals surface area (Å²) in [5.74, 6) is -0.468. The SMILES string of the molecule is O=C(N=Nc1c(O)n(CN2CCOCC2)c2ccccc12)c1cccc(Br)c1. The van der Waals surface area contributed by atoms with Crippen molar-refractivity contribution in [1.82, 2.24) is 9.47 Å². The second-order valence-corrected chi connectivity index (χ2v) is 7.42. The van der Waals surface area contributed by atoms with E-state index < -0.39 is 5.91 Å². The fourth-order valence-electron chi connectivity index (χ4n) is 3.23. The summed E-state index contributed by atoms with van der Waals surface area (Å²) in [5, 5.41) is 19.5. The molecular weight excluding hydrogens is 424 g/mol. The number of aromatic hydroxyl groups is 1. The van der Waals surface area contributed by atoms with E-state index in [4.69, 9.17) is 4.74 Å². The standard InChI is InChI=1S/C20H19BrN4O3/c21-15-5-3-4-14(12-15)19(26)23-22-18-16-6-1-2-7-17(16)25(20(18)27)13-24-8-10-28-11-9-24/h1-7,12,27H,8-11,13H2. The van der Waals surface area contributed by atoms with E-state index in [1.54, 1.807) is 22.8 Å². The number of ether oxygens (including phenoxy) is 1. The van der Waals surface area contributed by atoms with Crippen molar-refractivity contribution in [2.24, 2.45) is 10.2 Å². The molecule has 2 aromatic carbocycles. The van der Waals surface area contributed by atoms with Gasteiger partial charge in [0.1, 0.15) is 0 Å². The highest BCUT2D eigenvalue weighted by Gasteiger charge is 2.20. The third-order valence-electron chi connectivity index (χ3n) is 4.67. The van der Waals surface area contributed by atoms with Crippen LogP contribution in [0.3, 0.4) is 0 Å². The first kappa shape index (κ1) is 18.8. The largest absolute Gasteiger partial charge is 0.493 e. The fourth-order valence-corrected chi connectivity index (χ4v) is 3.63. The van der Waals surface area contributed by atoms with Crippen LogP contribution in [0.25, 0.3) is 10.9 Å². The van der Waals surface area contributed by atoms with Crippen LogP contribution < -0.4 is 0 Å². The maximum absolute atomic E-state index is 12.3. The Balaban J connectivity index is 1.67. The van der Waals surface area contributed by atoms with Crippen molar-refractivity contribution < 1.29 is 14.6 Å². The van der Waals surface area contributed by atoms with Crippen LogP contribution in [0.15, 0.2) is 63.2 Å². The molecule has 0 bridgehead atoms. The van der Waals surface area contributed by atoms with Crippen molar-refractivity contribution in [3.63, 3.8) is 0 Å². The average Bonchev–Trinajstić information content (AvgIpc) is 2.98. The molecule has 28 heavy (non-hydrogen) atoms. The first-order chi connectivity index (χ1) is 13.6. The van der Waals surface area contributed by atoms with Crippen molar-refractivity contribution >= 4 is 38.4 Å². The Kier molecular flexibility index (Phi) is 5.52. The zero-order valence-corrected chi connectivity index (χ0v) is 16.7. The Bertz CT molecular complexity index is 1040. The first-order valence-electron chi connectivity index (χ1n) is 8.95. The van der Waals surface area contributed by atoms with Gasteiger partial charge in [-0.2, -0.15) is 0 Å². The molecule has 1 saturated heterocycles. The van der Waals surface area contributed by atoms with E-state index in [0.29, 0.717) is 31.1 Å². The first-order valence-corrected chi connectivity index (χ1v) is 9.75. The van der Waals surface area contributed by atoms with Gasteiger partial charge in [-0.3, -0.25) is 14.3 Å². The quantitative estimate of drug-likeness (QED) is 0.609. The predicted octanol–water partition coefficient (Wildman–Crippen LogP) is 4.32. The molecule has 144 valence electrons. The number of morpholine rings is 1. The molecule has 0 saturated carbocycles. The van der Waals surface area contributed by atoms with Crippen molar-refractivity contribution in [3.05, 3.63) is 58.6 Å². The highest BCUT2D eigenvalue weighted by Crippen LogP contribution is 2.39. The Morgan fingerprint density at radius 2 is 1.93 bits per heavy atom. The summed E-state index contributed by atoms with van der Waals surface area (Å²) in [7, 11) is 0. The van der Waals surface area contributed by atoms with Crippen LogP contribution in [0.1, 0.15) is 10.4 Å². The lowest BCUT2D eigenvalue weighted by molar-refractivity contribution is 0.0231. The predicted molar refractivity (Wildman–Crippen MR) is 109 cm³/mol. The van der Waals surface area contributed by atoms with Crippen molar-refractivity contribution in [3.8, 4) is 5.88 Å². The topological polar surface area (TPSA) is 79.4 Å². The number of aromatic nitrogens is 1. The molecule has 0 radical (unpaired) electrons. The summed E-state index contributed by atoms with van der Waals surface area (Å²) in [5.41, 5.74) is 1.57. The summed E-state index contributed by atoms with van der Waals surface area (Å²) < 4.78 is 7.97. The van der Waals surface area contributed by atoms with Crippen LogP contribution in [-0.4, -0.2) is 46.8 Å². The maximum Gasteiger partial charge on any atom is 0.295 e. The minimum absolute atomic E-state index is 0.00140. The molecule has 4 rings (SSSR count). The number of halogens is 1. The van der Waals surface area contributed by atoms with Crippen molar-refractivity contribution in [1.29, 1.82) is 0 Å². The van der Waals surface area contributed by atoms with Gasteiger partial charge in [0.15, 0.2) is 5.69 Å². The lowest BCUT2D eigenvalue weighted by Gasteiger charge is -2.27. The van der Waals surface area contributed by atoms with Gasteiger partial charge in [0.05, 0.1) is 25.4 Å². The van der Waals surface area contributed by atoms with Gasteiger partial charge in [-0.05, 0) is 24.3 Å². The molecule has 1 fully saturated rings. The second-order valence-electron chi connectivity index (χ2n) is 6.50. The van der Waals surface area contributed by atoms with Crippen molar-refractivity contribution in [2.75, 3.05) is 26.3 Å². The van der Waals surface area contributed by atoms with E-state index in [9.17, 15) is 9.90 Å². The highest BCUT2D eigenvalue weighted by atomic mass is 79.9. The van der Waals surface area contributed by atoms with Crippen LogP contribution >= 0.6 is 15.9 Å². The number of rotatable bonds is 4. The number of carbonyl (C=O) groups excluding carboxylic acids is 1. The molecule has 1 aromatic heterocycles.